The second kappa shape index (κ2) is 2.37. The average molecular weight is 108 g/mol. The highest BCUT2D eigenvalue weighted by Crippen LogP contribution is 2.06. The van der Waals surface area contributed by atoms with Crippen molar-refractivity contribution in [3.63, 3.8) is 0 Å². The number of allylic oxidation sites excluding steroid dienone is 2. The van der Waals surface area contributed by atoms with Gasteiger partial charge >= 0.3 is 0 Å². The van der Waals surface area contributed by atoms with Crippen molar-refractivity contribution in [1.82, 2.24) is 5.32 Å². The molecule has 0 aromatic heterocycles. The number of nitriles is 1. The van der Waals surface area contributed by atoms with Crippen LogP contribution >= 0.6 is 0 Å². The summed E-state index contributed by atoms with van der Waals surface area (Å²) in [4.78, 5) is 0. The maximum absolute atomic E-state index is 8.16. The van der Waals surface area contributed by atoms with Crippen molar-refractivity contribution < 1.29 is 0 Å². The molecular formula is C6H8N2. The van der Waals surface area contributed by atoms with Crippen LogP contribution in [0.25, 0.3) is 0 Å². The molecule has 1 rings (SSSR count). The Morgan fingerprint density at radius 1 is 1.75 bits per heavy atom. The van der Waals surface area contributed by atoms with E-state index in [1.165, 1.54) is 6.42 Å². The van der Waals surface area contributed by atoms with Gasteiger partial charge in [0, 0.05) is 18.3 Å². The van der Waals surface area contributed by atoms with Crippen molar-refractivity contribution in [3.05, 3.63) is 11.8 Å². The minimum atomic E-state index is 1.04. The van der Waals surface area contributed by atoms with Gasteiger partial charge in [-0.1, -0.05) is 0 Å². The molecule has 0 unspecified atom stereocenters. The third kappa shape index (κ3) is 1.00. The largest absolute Gasteiger partial charge is 0.388 e. The molecule has 1 fully saturated rings. The topological polar surface area (TPSA) is 35.8 Å². The van der Waals surface area contributed by atoms with Crippen LogP contribution in [0, 0.1) is 11.3 Å². The first kappa shape index (κ1) is 5.17. The van der Waals surface area contributed by atoms with E-state index in [0.717, 1.165) is 18.7 Å². The number of rotatable bonds is 0. The molecule has 2 heteroatoms. The summed E-state index contributed by atoms with van der Waals surface area (Å²) < 4.78 is 0. The molecule has 1 aliphatic rings. The maximum Gasteiger partial charge on any atom is 0.0930 e. The predicted molar refractivity (Wildman–Crippen MR) is 30.9 cm³/mol. The van der Waals surface area contributed by atoms with Crippen molar-refractivity contribution in [1.29, 1.82) is 5.26 Å². The Labute approximate surface area is 48.8 Å². The van der Waals surface area contributed by atoms with Gasteiger partial charge in [-0.05, 0) is 12.8 Å². The molecule has 0 spiro atoms. The fraction of sp³-hybridized carbons (Fsp3) is 0.500. The molecule has 1 heterocycles. The van der Waals surface area contributed by atoms with Crippen LogP contribution in [0.3, 0.4) is 0 Å². The fourth-order valence-electron chi connectivity index (χ4n) is 0.817. The molecule has 2 nitrogen and oxygen atoms in total. The zero-order valence-electron chi connectivity index (χ0n) is 4.65. The van der Waals surface area contributed by atoms with Gasteiger partial charge in [-0.25, -0.2) is 0 Å². The van der Waals surface area contributed by atoms with Crippen LogP contribution in [0.2, 0.25) is 0 Å². The molecule has 42 valence electrons. The minimum Gasteiger partial charge on any atom is -0.388 e. The van der Waals surface area contributed by atoms with Gasteiger partial charge in [-0.2, -0.15) is 5.26 Å². The van der Waals surface area contributed by atoms with Gasteiger partial charge in [0.15, 0.2) is 0 Å². The van der Waals surface area contributed by atoms with Gasteiger partial charge in [-0.3, -0.25) is 0 Å². The second-order valence-corrected chi connectivity index (χ2v) is 1.83. The lowest BCUT2D eigenvalue weighted by Gasteiger charge is -1.89. The Kier molecular flexibility index (Phi) is 1.53. The monoisotopic (exact) mass is 108 g/mol. The summed E-state index contributed by atoms with van der Waals surface area (Å²) in [7, 11) is 0. The Balaban J connectivity index is 2.48. The van der Waals surface area contributed by atoms with Gasteiger partial charge in [0.1, 0.15) is 0 Å². The molecule has 8 heavy (non-hydrogen) atoms. The standard InChI is InChI=1S/C6H8N2/c7-4-3-6-2-1-5-8-6/h3,8H,1-2,5H2. The van der Waals surface area contributed by atoms with Crippen LogP contribution < -0.4 is 5.32 Å². The Hall–Kier alpha value is -0.970. The number of nitrogens with zero attached hydrogens (tertiary/aromatic N) is 1. The summed E-state index contributed by atoms with van der Waals surface area (Å²) in [6.07, 6.45) is 3.80. The van der Waals surface area contributed by atoms with E-state index in [0.29, 0.717) is 0 Å². The molecular weight excluding hydrogens is 100 g/mol. The van der Waals surface area contributed by atoms with Crippen LogP contribution in [-0.4, -0.2) is 6.54 Å². The van der Waals surface area contributed by atoms with Crippen molar-refractivity contribution in [2.75, 3.05) is 6.54 Å². The summed E-state index contributed by atoms with van der Waals surface area (Å²) >= 11 is 0. The molecule has 0 bridgehead atoms. The van der Waals surface area contributed by atoms with Gasteiger partial charge in [0.05, 0.1) is 6.07 Å². The number of hydrogen-bond donors (Lipinski definition) is 1. The van der Waals surface area contributed by atoms with Crippen LogP contribution in [0.1, 0.15) is 12.8 Å². The Morgan fingerprint density at radius 2 is 2.62 bits per heavy atom. The van der Waals surface area contributed by atoms with E-state index >= 15 is 0 Å². The highest BCUT2D eigenvalue weighted by molar-refractivity contribution is 5.13. The summed E-state index contributed by atoms with van der Waals surface area (Å²) in [5, 5.41) is 11.3. The summed E-state index contributed by atoms with van der Waals surface area (Å²) in [5.41, 5.74) is 1.09. The van der Waals surface area contributed by atoms with E-state index in [-0.39, 0.29) is 0 Å². The zero-order chi connectivity index (χ0) is 5.82. The third-order valence-electron chi connectivity index (χ3n) is 1.21. The molecule has 0 saturated carbocycles. The van der Waals surface area contributed by atoms with Gasteiger partial charge in [0.2, 0.25) is 0 Å². The normalized spacial score (nSPS) is 22.6. The molecule has 0 radical (unpaired) electrons. The van der Waals surface area contributed by atoms with E-state index in [2.05, 4.69) is 5.32 Å². The number of nitrogens with one attached hydrogen (secondary N) is 1. The van der Waals surface area contributed by atoms with Crippen LogP contribution in [0.15, 0.2) is 11.8 Å². The van der Waals surface area contributed by atoms with Gasteiger partial charge in [0.25, 0.3) is 0 Å². The van der Waals surface area contributed by atoms with Gasteiger partial charge < -0.3 is 5.32 Å². The highest BCUT2D eigenvalue weighted by Gasteiger charge is 2.02. The SMILES string of the molecule is N#CC=C1CCCN1. The molecule has 0 aliphatic carbocycles. The zero-order valence-corrected chi connectivity index (χ0v) is 4.65. The summed E-state index contributed by atoms with van der Waals surface area (Å²) in [6.45, 7) is 1.04. The maximum atomic E-state index is 8.16. The van der Waals surface area contributed by atoms with E-state index in [9.17, 15) is 0 Å². The lowest BCUT2D eigenvalue weighted by Crippen LogP contribution is -2.02. The first-order valence-corrected chi connectivity index (χ1v) is 2.76. The lowest BCUT2D eigenvalue weighted by atomic mass is 10.3. The Morgan fingerprint density at radius 3 is 3.12 bits per heavy atom. The molecule has 0 atom stereocenters. The Bertz CT molecular complexity index is 133. The van der Waals surface area contributed by atoms with Crippen LogP contribution in [-0.2, 0) is 0 Å². The van der Waals surface area contributed by atoms with E-state index in [4.69, 9.17) is 5.26 Å². The van der Waals surface area contributed by atoms with Crippen molar-refractivity contribution >= 4 is 0 Å². The first-order valence-electron chi connectivity index (χ1n) is 2.76. The smallest absolute Gasteiger partial charge is 0.0930 e. The number of hydrogen-bond acceptors (Lipinski definition) is 2. The average Bonchev–Trinajstić information content (AvgIpc) is 2.19. The van der Waals surface area contributed by atoms with E-state index in [1.54, 1.807) is 6.08 Å². The quantitative estimate of drug-likeness (QED) is 0.465. The molecule has 1 saturated heterocycles. The molecule has 0 amide bonds. The van der Waals surface area contributed by atoms with Gasteiger partial charge in [-0.15, -0.1) is 0 Å². The first-order chi connectivity index (χ1) is 3.93. The van der Waals surface area contributed by atoms with Crippen molar-refractivity contribution in [3.8, 4) is 6.07 Å². The predicted octanol–water partition coefficient (Wildman–Crippen LogP) is 0.777. The summed E-state index contributed by atoms with van der Waals surface area (Å²) in [5.74, 6) is 0. The molecule has 1 N–H and O–H groups in total. The second-order valence-electron chi connectivity index (χ2n) is 1.83. The highest BCUT2D eigenvalue weighted by atomic mass is 14.9. The minimum absolute atomic E-state index is 1.04. The third-order valence-corrected chi connectivity index (χ3v) is 1.21. The van der Waals surface area contributed by atoms with Crippen LogP contribution in [0.4, 0.5) is 0 Å². The summed E-state index contributed by atoms with van der Waals surface area (Å²) in [6, 6.07) is 1.99. The van der Waals surface area contributed by atoms with Crippen molar-refractivity contribution in [2.45, 2.75) is 12.8 Å². The van der Waals surface area contributed by atoms with Crippen LogP contribution in [0.5, 0.6) is 0 Å². The van der Waals surface area contributed by atoms with E-state index in [1.807, 2.05) is 6.07 Å². The molecule has 1 aliphatic heterocycles. The molecule has 0 aromatic rings. The van der Waals surface area contributed by atoms with Crippen molar-refractivity contribution in [2.24, 2.45) is 0 Å². The lowest BCUT2D eigenvalue weighted by molar-refractivity contribution is 0.903. The fourth-order valence-corrected chi connectivity index (χ4v) is 0.817. The molecule has 0 aromatic carbocycles. The van der Waals surface area contributed by atoms with E-state index < -0.39 is 0 Å².